The first-order valence-electron chi connectivity index (χ1n) is 4.58. The van der Waals surface area contributed by atoms with Crippen LogP contribution in [0, 0.1) is 0 Å². The Balaban J connectivity index is 2.60. The summed E-state index contributed by atoms with van der Waals surface area (Å²) in [5.41, 5.74) is 0.607. The van der Waals surface area contributed by atoms with Crippen LogP contribution >= 0.6 is 23.2 Å². The van der Waals surface area contributed by atoms with E-state index in [9.17, 15) is 4.79 Å². The second-order valence-corrected chi connectivity index (χ2v) is 3.86. The predicted molar refractivity (Wildman–Crippen MR) is 63.6 cm³/mol. The third-order valence-corrected chi connectivity index (χ3v) is 2.12. The summed E-state index contributed by atoms with van der Waals surface area (Å²) in [7, 11) is 0. The summed E-state index contributed by atoms with van der Waals surface area (Å²) in [6.45, 7) is 2.97. The van der Waals surface area contributed by atoms with E-state index in [0.717, 1.165) is 6.54 Å². The van der Waals surface area contributed by atoms with Gasteiger partial charge in [0.1, 0.15) is 0 Å². The van der Waals surface area contributed by atoms with Crippen molar-refractivity contribution < 1.29 is 4.79 Å². The molecule has 3 nitrogen and oxygen atoms in total. The van der Waals surface area contributed by atoms with Gasteiger partial charge in [0, 0.05) is 15.7 Å². The highest BCUT2D eigenvalue weighted by molar-refractivity contribution is 6.35. The van der Waals surface area contributed by atoms with Crippen LogP contribution in [0.1, 0.15) is 6.92 Å². The van der Waals surface area contributed by atoms with Crippen LogP contribution in [-0.2, 0) is 4.79 Å². The lowest BCUT2D eigenvalue weighted by atomic mass is 10.3. The largest absolute Gasteiger partial charge is 0.325 e. The van der Waals surface area contributed by atoms with Gasteiger partial charge in [-0.1, -0.05) is 30.1 Å². The first-order valence-corrected chi connectivity index (χ1v) is 5.34. The maximum absolute atomic E-state index is 11.3. The molecule has 1 rings (SSSR count). The van der Waals surface area contributed by atoms with Crippen LogP contribution in [-0.4, -0.2) is 19.0 Å². The lowest BCUT2D eigenvalue weighted by molar-refractivity contribution is -0.115. The van der Waals surface area contributed by atoms with Crippen LogP contribution in [0.2, 0.25) is 10.0 Å². The topological polar surface area (TPSA) is 41.1 Å². The van der Waals surface area contributed by atoms with Gasteiger partial charge in [0.05, 0.1) is 6.54 Å². The quantitative estimate of drug-likeness (QED) is 0.858. The molecule has 82 valence electrons. The molecule has 2 N–H and O–H groups in total. The Morgan fingerprint density at radius 1 is 1.27 bits per heavy atom. The molecule has 0 bridgehead atoms. The Kier molecular flexibility index (Phi) is 4.88. The van der Waals surface area contributed by atoms with E-state index in [2.05, 4.69) is 10.6 Å². The van der Waals surface area contributed by atoms with Crippen LogP contribution in [0.5, 0.6) is 0 Å². The third kappa shape index (κ3) is 4.51. The van der Waals surface area contributed by atoms with E-state index in [1.54, 1.807) is 18.2 Å². The van der Waals surface area contributed by atoms with Crippen molar-refractivity contribution in [3.05, 3.63) is 28.2 Å². The average Bonchev–Trinajstić information content (AvgIpc) is 2.13. The molecule has 1 amide bonds. The Morgan fingerprint density at radius 2 is 1.87 bits per heavy atom. The summed E-state index contributed by atoms with van der Waals surface area (Å²) in [5, 5.41) is 6.61. The van der Waals surface area contributed by atoms with Gasteiger partial charge in [-0.25, -0.2) is 0 Å². The van der Waals surface area contributed by atoms with E-state index < -0.39 is 0 Å². The van der Waals surface area contributed by atoms with Gasteiger partial charge in [-0.15, -0.1) is 0 Å². The number of amides is 1. The second kappa shape index (κ2) is 5.95. The number of hydrogen-bond donors (Lipinski definition) is 2. The van der Waals surface area contributed by atoms with Gasteiger partial charge in [0.2, 0.25) is 5.91 Å². The van der Waals surface area contributed by atoms with Crippen molar-refractivity contribution in [2.45, 2.75) is 6.92 Å². The minimum atomic E-state index is -0.116. The Bertz CT molecular complexity index is 335. The van der Waals surface area contributed by atoms with Crippen LogP contribution in [0.15, 0.2) is 18.2 Å². The Hall–Kier alpha value is -0.770. The van der Waals surface area contributed by atoms with Crippen LogP contribution < -0.4 is 10.6 Å². The molecule has 0 heterocycles. The molecule has 0 aliphatic carbocycles. The van der Waals surface area contributed by atoms with Crippen molar-refractivity contribution in [3.63, 3.8) is 0 Å². The molecular formula is C10H12Cl2N2O. The van der Waals surface area contributed by atoms with Gasteiger partial charge in [-0.05, 0) is 24.7 Å². The highest BCUT2D eigenvalue weighted by Crippen LogP contribution is 2.22. The minimum Gasteiger partial charge on any atom is -0.325 e. The molecule has 15 heavy (non-hydrogen) atoms. The normalized spacial score (nSPS) is 10.1. The fourth-order valence-corrected chi connectivity index (χ4v) is 1.60. The summed E-state index contributed by atoms with van der Waals surface area (Å²) < 4.78 is 0. The SMILES string of the molecule is CCNCC(=O)Nc1cc(Cl)cc(Cl)c1. The van der Waals surface area contributed by atoms with Crippen LogP contribution in [0.25, 0.3) is 0 Å². The summed E-state index contributed by atoms with van der Waals surface area (Å²) in [6, 6.07) is 4.91. The number of carbonyl (C=O) groups is 1. The van der Waals surface area contributed by atoms with E-state index in [1.165, 1.54) is 0 Å². The number of carbonyl (C=O) groups excluding carboxylic acids is 1. The van der Waals surface area contributed by atoms with Gasteiger partial charge in [0.15, 0.2) is 0 Å². The van der Waals surface area contributed by atoms with Gasteiger partial charge in [-0.3, -0.25) is 4.79 Å². The van der Waals surface area contributed by atoms with Crippen molar-refractivity contribution in [1.82, 2.24) is 5.32 Å². The summed E-state index contributed by atoms with van der Waals surface area (Å²) in [4.78, 5) is 11.3. The van der Waals surface area contributed by atoms with E-state index >= 15 is 0 Å². The lowest BCUT2D eigenvalue weighted by Gasteiger charge is -2.06. The van der Waals surface area contributed by atoms with Crippen molar-refractivity contribution in [3.8, 4) is 0 Å². The molecule has 0 radical (unpaired) electrons. The molecule has 0 aromatic heterocycles. The number of rotatable bonds is 4. The lowest BCUT2D eigenvalue weighted by Crippen LogP contribution is -2.27. The van der Waals surface area contributed by atoms with Crippen molar-refractivity contribution >= 4 is 34.8 Å². The number of hydrogen-bond acceptors (Lipinski definition) is 2. The zero-order valence-corrected chi connectivity index (χ0v) is 9.82. The van der Waals surface area contributed by atoms with Crippen LogP contribution in [0.3, 0.4) is 0 Å². The van der Waals surface area contributed by atoms with Crippen molar-refractivity contribution in [1.29, 1.82) is 0 Å². The number of likely N-dealkylation sites (N-methyl/N-ethyl adjacent to an activating group) is 1. The zero-order valence-electron chi connectivity index (χ0n) is 8.31. The molecule has 0 aliphatic heterocycles. The first-order chi connectivity index (χ1) is 7.11. The fraction of sp³-hybridized carbons (Fsp3) is 0.300. The fourth-order valence-electron chi connectivity index (χ4n) is 1.07. The molecule has 0 aliphatic rings. The highest BCUT2D eigenvalue weighted by Gasteiger charge is 2.02. The van der Waals surface area contributed by atoms with Gasteiger partial charge < -0.3 is 10.6 Å². The number of halogens is 2. The molecule has 0 saturated carbocycles. The minimum absolute atomic E-state index is 0.116. The van der Waals surface area contributed by atoms with Gasteiger partial charge in [0.25, 0.3) is 0 Å². The maximum atomic E-state index is 11.3. The molecule has 0 atom stereocenters. The number of benzene rings is 1. The van der Waals surface area contributed by atoms with Crippen LogP contribution in [0.4, 0.5) is 5.69 Å². The number of anilines is 1. The molecule has 0 unspecified atom stereocenters. The summed E-state index contributed by atoms with van der Waals surface area (Å²) in [6.07, 6.45) is 0. The van der Waals surface area contributed by atoms with Crippen molar-refractivity contribution in [2.75, 3.05) is 18.4 Å². The molecule has 1 aromatic carbocycles. The average molecular weight is 247 g/mol. The van der Waals surface area contributed by atoms with Gasteiger partial charge >= 0.3 is 0 Å². The standard InChI is InChI=1S/C10H12Cl2N2O/c1-2-13-6-10(15)14-9-4-7(11)3-8(12)5-9/h3-5,13H,2,6H2,1H3,(H,14,15). The summed E-state index contributed by atoms with van der Waals surface area (Å²) >= 11 is 11.6. The molecule has 0 spiro atoms. The molecule has 0 saturated heterocycles. The Labute approximate surface area is 98.8 Å². The van der Waals surface area contributed by atoms with Gasteiger partial charge in [-0.2, -0.15) is 0 Å². The second-order valence-electron chi connectivity index (χ2n) is 2.99. The summed E-state index contributed by atoms with van der Waals surface area (Å²) in [5.74, 6) is -0.116. The van der Waals surface area contributed by atoms with E-state index in [0.29, 0.717) is 15.7 Å². The smallest absolute Gasteiger partial charge is 0.238 e. The molecule has 0 fully saturated rings. The maximum Gasteiger partial charge on any atom is 0.238 e. The van der Waals surface area contributed by atoms with E-state index in [4.69, 9.17) is 23.2 Å². The monoisotopic (exact) mass is 246 g/mol. The molecule has 5 heteroatoms. The predicted octanol–water partition coefficient (Wildman–Crippen LogP) is 2.54. The first kappa shape index (κ1) is 12.3. The third-order valence-electron chi connectivity index (χ3n) is 1.68. The zero-order chi connectivity index (χ0) is 11.3. The highest BCUT2D eigenvalue weighted by atomic mass is 35.5. The van der Waals surface area contributed by atoms with Crippen molar-refractivity contribution in [2.24, 2.45) is 0 Å². The van der Waals surface area contributed by atoms with E-state index in [1.807, 2.05) is 6.92 Å². The molecule has 1 aromatic rings. The Morgan fingerprint density at radius 3 is 2.40 bits per heavy atom. The number of nitrogens with one attached hydrogen (secondary N) is 2. The molecular weight excluding hydrogens is 235 g/mol. The van der Waals surface area contributed by atoms with E-state index in [-0.39, 0.29) is 12.5 Å².